The maximum atomic E-state index is 5.89. The molecule has 0 aliphatic carbocycles. The number of methoxy groups -OCH3 is 1. The zero-order valence-electron chi connectivity index (χ0n) is 18.4. The highest BCUT2D eigenvalue weighted by Gasteiger charge is 2.14. The minimum Gasteiger partial charge on any atom is -0.496 e. The number of anilines is 2. The van der Waals surface area contributed by atoms with Crippen LogP contribution in [-0.4, -0.2) is 39.9 Å². The van der Waals surface area contributed by atoms with Gasteiger partial charge in [0.25, 0.3) is 0 Å². The number of fused-ring (bicyclic) bond motifs is 1. The number of nitrogen functional groups attached to an aromatic ring is 1. The Hall–Kier alpha value is -2.87. The van der Waals surface area contributed by atoms with Gasteiger partial charge in [-0.15, -0.1) is 0 Å². The van der Waals surface area contributed by atoms with E-state index in [-0.39, 0.29) is 12.0 Å². The second-order valence-electron chi connectivity index (χ2n) is 7.52. The fourth-order valence-corrected chi connectivity index (χ4v) is 3.38. The van der Waals surface area contributed by atoms with E-state index in [2.05, 4.69) is 59.6 Å². The molecule has 2 heterocycles. The number of aromatic nitrogens is 4. The van der Waals surface area contributed by atoms with Crippen LogP contribution in [0.15, 0.2) is 24.4 Å². The van der Waals surface area contributed by atoms with E-state index in [1.165, 1.54) is 5.56 Å². The molecule has 8 heteroatoms. The standard InChI is InChI=1S/C22H33N7O/c1-5-7-11-25-21-20-18(26-22(23)27-21)14-29(28-20)13-17-9-8-16(12-19(17)30-4)15(3)24-10-6-2/h8-9,12,14-15,24H,5-7,10-11,13H2,1-4H3,(H3,23,25,26,27). The lowest BCUT2D eigenvalue weighted by atomic mass is 10.0. The van der Waals surface area contributed by atoms with E-state index in [1.807, 2.05) is 10.9 Å². The number of nitrogens with one attached hydrogen (secondary N) is 2. The summed E-state index contributed by atoms with van der Waals surface area (Å²) in [5.41, 5.74) is 9.61. The Bertz CT molecular complexity index is 970. The molecule has 4 N–H and O–H groups in total. The molecule has 3 aromatic rings. The number of unbranched alkanes of at least 4 members (excludes halogenated alkanes) is 1. The molecule has 0 bridgehead atoms. The Morgan fingerprint density at radius 1 is 1.17 bits per heavy atom. The maximum Gasteiger partial charge on any atom is 0.222 e. The maximum absolute atomic E-state index is 5.89. The third-order valence-electron chi connectivity index (χ3n) is 5.09. The molecular formula is C22H33N7O. The lowest BCUT2D eigenvalue weighted by molar-refractivity contribution is 0.406. The van der Waals surface area contributed by atoms with Crippen molar-refractivity contribution in [2.75, 3.05) is 31.2 Å². The Morgan fingerprint density at radius 2 is 2.00 bits per heavy atom. The molecule has 0 aliphatic heterocycles. The average Bonchev–Trinajstić information content (AvgIpc) is 3.14. The van der Waals surface area contributed by atoms with Gasteiger partial charge in [-0.05, 0) is 37.9 Å². The highest BCUT2D eigenvalue weighted by Crippen LogP contribution is 2.26. The van der Waals surface area contributed by atoms with Crippen molar-refractivity contribution in [2.24, 2.45) is 0 Å². The van der Waals surface area contributed by atoms with Crippen molar-refractivity contribution in [2.45, 2.75) is 52.6 Å². The first-order chi connectivity index (χ1) is 14.5. The van der Waals surface area contributed by atoms with Crippen LogP contribution in [0.3, 0.4) is 0 Å². The molecule has 8 nitrogen and oxygen atoms in total. The monoisotopic (exact) mass is 411 g/mol. The number of ether oxygens (including phenoxy) is 1. The molecular weight excluding hydrogens is 378 g/mol. The molecule has 162 valence electrons. The molecule has 0 spiro atoms. The molecule has 0 radical (unpaired) electrons. The van der Waals surface area contributed by atoms with Gasteiger partial charge < -0.3 is 21.1 Å². The van der Waals surface area contributed by atoms with Gasteiger partial charge in [-0.2, -0.15) is 10.1 Å². The molecule has 3 rings (SSSR count). The van der Waals surface area contributed by atoms with E-state index >= 15 is 0 Å². The summed E-state index contributed by atoms with van der Waals surface area (Å²) >= 11 is 0. The Kier molecular flexibility index (Phi) is 7.46. The molecule has 0 amide bonds. The van der Waals surface area contributed by atoms with Crippen LogP contribution in [-0.2, 0) is 6.54 Å². The minimum absolute atomic E-state index is 0.247. The van der Waals surface area contributed by atoms with Gasteiger partial charge in [0, 0.05) is 18.2 Å². The first kappa shape index (κ1) is 21.8. The smallest absolute Gasteiger partial charge is 0.222 e. The topological polar surface area (TPSA) is 103 Å². The number of nitrogens with zero attached hydrogens (tertiary/aromatic N) is 4. The largest absolute Gasteiger partial charge is 0.496 e. The van der Waals surface area contributed by atoms with Crippen LogP contribution in [0.5, 0.6) is 5.75 Å². The number of hydrogen-bond acceptors (Lipinski definition) is 7. The van der Waals surface area contributed by atoms with Crippen molar-refractivity contribution in [3.8, 4) is 5.75 Å². The van der Waals surface area contributed by atoms with Gasteiger partial charge in [-0.25, -0.2) is 4.98 Å². The van der Waals surface area contributed by atoms with Crippen LogP contribution in [0.2, 0.25) is 0 Å². The molecule has 1 atom stereocenters. The van der Waals surface area contributed by atoms with Crippen molar-refractivity contribution >= 4 is 22.8 Å². The lowest BCUT2D eigenvalue weighted by Gasteiger charge is -2.16. The van der Waals surface area contributed by atoms with E-state index in [1.54, 1.807) is 7.11 Å². The Morgan fingerprint density at radius 3 is 2.73 bits per heavy atom. The van der Waals surface area contributed by atoms with Crippen molar-refractivity contribution in [3.63, 3.8) is 0 Å². The highest BCUT2D eigenvalue weighted by atomic mass is 16.5. The first-order valence-electron chi connectivity index (χ1n) is 10.7. The van der Waals surface area contributed by atoms with Gasteiger partial charge in [-0.1, -0.05) is 32.4 Å². The molecule has 0 saturated carbocycles. The van der Waals surface area contributed by atoms with E-state index in [4.69, 9.17) is 15.6 Å². The van der Waals surface area contributed by atoms with Crippen molar-refractivity contribution in [1.82, 2.24) is 25.1 Å². The predicted molar refractivity (Wildman–Crippen MR) is 122 cm³/mol. The second-order valence-corrected chi connectivity index (χ2v) is 7.52. The fourth-order valence-electron chi connectivity index (χ4n) is 3.38. The Balaban J connectivity index is 1.84. The number of rotatable bonds is 11. The number of nitrogens with two attached hydrogens (primary N) is 1. The predicted octanol–water partition coefficient (Wildman–Crippen LogP) is 3.74. The van der Waals surface area contributed by atoms with Crippen LogP contribution < -0.4 is 21.1 Å². The highest BCUT2D eigenvalue weighted by molar-refractivity contribution is 5.85. The Labute approximate surface area is 178 Å². The summed E-state index contributed by atoms with van der Waals surface area (Å²) in [4.78, 5) is 8.67. The minimum atomic E-state index is 0.247. The van der Waals surface area contributed by atoms with Crippen molar-refractivity contribution in [3.05, 3.63) is 35.5 Å². The van der Waals surface area contributed by atoms with Crippen LogP contribution in [0, 0.1) is 0 Å². The molecule has 0 aliphatic rings. The number of hydrogen-bond donors (Lipinski definition) is 3. The number of benzene rings is 1. The normalized spacial score (nSPS) is 12.3. The summed E-state index contributed by atoms with van der Waals surface area (Å²) in [7, 11) is 1.70. The molecule has 1 aromatic carbocycles. The fraction of sp³-hybridized carbons (Fsp3) is 0.500. The summed E-state index contributed by atoms with van der Waals surface area (Å²) in [6, 6.07) is 6.62. The first-order valence-corrected chi connectivity index (χ1v) is 10.7. The van der Waals surface area contributed by atoms with E-state index < -0.39 is 0 Å². The zero-order valence-corrected chi connectivity index (χ0v) is 18.4. The SMILES string of the molecule is CCCCNc1nc(N)nc2cn(Cc3ccc(C(C)NCCC)cc3OC)nc12. The van der Waals surface area contributed by atoms with E-state index in [0.29, 0.717) is 12.4 Å². The third kappa shape index (κ3) is 5.18. The van der Waals surface area contributed by atoms with Gasteiger partial charge >= 0.3 is 0 Å². The van der Waals surface area contributed by atoms with Gasteiger partial charge in [-0.3, -0.25) is 4.68 Å². The van der Waals surface area contributed by atoms with Gasteiger partial charge in [0.1, 0.15) is 11.3 Å². The van der Waals surface area contributed by atoms with Crippen molar-refractivity contribution in [1.29, 1.82) is 0 Å². The van der Waals surface area contributed by atoms with Crippen molar-refractivity contribution < 1.29 is 4.74 Å². The van der Waals surface area contributed by atoms with Crippen LogP contribution >= 0.6 is 0 Å². The molecule has 30 heavy (non-hydrogen) atoms. The summed E-state index contributed by atoms with van der Waals surface area (Å²) in [6.07, 6.45) is 5.17. The second kappa shape index (κ2) is 10.2. The molecule has 0 fully saturated rings. The summed E-state index contributed by atoms with van der Waals surface area (Å²) in [6.45, 7) is 8.88. The average molecular weight is 412 g/mol. The molecule has 1 unspecified atom stereocenters. The van der Waals surface area contributed by atoms with Gasteiger partial charge in [0.15, 0.2) is 11.3 Å². The zero-order chi connectivity index (χ0) is 21.5. The third-order valence-corrected chi connectivity index (χ3v) is 5.09. The van der Waals surface area contributed by atoms with Crippen LogP contribution in [0.4, 0.5) is 11.8 Å². The van der Waals surface area contributed by atoms with E-state index in [0.717, 1.165) is 54.7 Å². The van der Waals surface area contributed by atoms with Crippen LogP contribution in [0.25, 0.3) is 11.0 Å². The summed E-state index contributed by atoms with van der Waals surface area (Å²) in [5.74, 6) is 1.78. The van der Waals surface area contributed by atoms with Gasteiger partial charge in [0.2, 0.25) is 5.95 Å². The molecule has 2 aromatic heterocycles. The summed E-state index contributed by atoms with van der Waals surface area (Å²) in [5, 5.41) is 11.5. The lowest BCUT2D eigenvalue weighted by Crippen LogP contribution is -2.19. The van der Waals surface area contributed by atoms with E-state index in [9.17, 15) is 0 Å². The van der Waals surface area contributed by atoms with Gasteiger partial charge in [0.05, 0.1) is 19.9 Å². The molecule has 0 saturated heterocycles. The quantitative estimate of drug-likeness (QED) is 0.413. The summed E-state index contributed by atoms with van der Waals surface area (Å²) < 4.78 is 7.53. The van der Waals surface area contributed by atoms with Crippen LogP contribution in [0.1, 0.15) is 57.2 Å².